The summed E-state index contributed by atoms with van der Waals surface area (Å²) in [7, 11) is 0. The fourth-order valence-electron chi connectivity index (χ4n) is 4.22. The van der Waals surface area contributed by atoms with Gasteiger partial charge in [-0.15, -0.1) is 0 Å². The average Bonchev–Trinajstić information content (AvgIpc) is 2.92. The molecule has 0 saturated carbocycles. The molecule has 2 atom stereocenters. The lowest BCUT2D eigenvalue weighted by Crippen LogP contribution is -2.48. The number of hydrogen-bond acceptors (Lipinski definition) is 2. The predicted octanol–water partition coefficient (Wildman–Crippen LogP) is 2.13. The number of para-hydroxylation sites is 1. The van der Waals surface area contributed by atoms with Gasteiger partial charge in [0, 0.05) is 11.7 Å². The zero-order valence-corrected chi connectivity index (χ0v) is 10.5. The maximum Gasteiger partial charge on any atom is 0.236 e. The molecule has 3 heteroatoms. The van der Waals surface area contributed by atoms with Crippen molar-refractivity contribution in [3.05, 3.63) is 29.8 Å². The monoisotopic (exact) mass is 242 g/mol. The van der Waals surface area contributed by atoms with Crippen LogP contribution in [0.25, 0.3) is 0 Å². The van der Waals surface area contributed by atoms with Crippen molar-refractivity contribution in [3.63, 3.8) is 0 Å². The van der Waals surface area contributed by atoms with Gasteiger partial charge in [0.2, 0.25) is 5.91 Å². The minimum absolute atomic E-state index is 0.234. The fourth-order valence-corrected chi connectivity index (χ4v) is 4.22. The molecule has 0 aromatic heterocycles. The molecule has 1 spiro atoms. The van der Waals surface area contributed by atoms with Gasteiger partial charge in [-0.05, 0) is 44.0 Å². The third-order valence-electron chi connectivity index (χ3n) is 5.04. The van der Waals surface area contributed by atoms with E-state index in [2.05, 4.69) is 22.3 Å². The highest BCUT2D eigenvalue weighted by molar-refractivity contribution is 6.07. The van der Waals surface area contributed by atoms with Crippen LogP contribution in [0, 0.1) is 0 Å². The highest BCUT2D eigenvalue weighted by Gasteiger charge is 2.57. The van der Waals surface area contributed by atoms with Crippen LogP contribution in [-0.2, 0) is 10.2 Å². The number of rotatable bonds is 0. The van der Waals surface area contributed by atoms with Gasteiger partial charge in [0.05, 0.1) is 5.41 Å². The molecule has 2 saturated heterocycles. The molecule has 3 heterocycles. The molecule has 3 aliphatic heterocycles. The number of nitrogens with zero attached hydrogens (tertiary/aromatic N) is 1. The lowest BCUT2D eigenvalue weighted by Gasteiger charge is -2.37. The second-order valence-corrected chi connectivity index (χ2v) is 5.77. The molecular formula is C15H18N2O. The summed E-state index contributed by atoms with van der Waals surface area (Å²) in [5.41, 5.74) is 2.02. The predicted molar refractivity (Wildman–Crippen MR) is 70.6 cm³/mol. The molecule has 0 aliphatic carbocycles. The van der Waals surface area contributed by atoms with Crippen LogP contribution < -0.4 is 5.32 Å². The maximum atomic E-state index is 12.6. The van der Waals surface area contributed by atoms with Crippen LogP contribution in [0.15, 0.2) is 24.3 Å². The van der Waals surface area contributed by atoms with E-state index < -0.39 is 0 Å². The minimum Gasteiger partial charge on any atom is -0.325 e. The van der Waals surface area contributed by atoms with E-state index in [1.54, 1.807) is 0 Å². The summed E-state index contributed by atoms with van der Waals surface area (Å²) in [5.74, 6) is 0.234. The van der Waals surface area contributed by atoms with Crippen molar-refractivity contribution in [1.29, 1.82) is 0 Å². The normalized spacial score (nSPS) is 34.4. The van der Waals surface area contributed by atoms with Crippen molar-refractivity contribution in [2.45, 2.75) is 37.1 Å². The molecule has 1 N–H and O–H groups in total. The fraction of sp³-hybridized carbons (Fsp3) is 0.533. The highest BCUT2D eigenvalue weighted by Crippen LogP contribution is 2.50. The topological polar surface area (TPSA) is 32.3 Å². The number of carbonyl (C=O) groups is 1. The summed E-state index contributed by atoms with van der Waals surface area (Å²) in [5, 5.41) is 3.10. The number of hydrogen-bond donors (Lipinski definition) is 1. The van der Waals surface area contributed by atoms with Gasteiger partial charge in [-0.3, -0.25) is 9.69 Å². The Balaban J connectivity index is 1.85. The number of carbonyl (C=O) groups excluding carboxylic acids is 1. The van der Waals surface area contributed by atoms with Crippen molar-refractivity contribution >= 4 is 11.6 Å². The Morgan fingerprint density at radius 2 is 2.11 bits per heavy atom. The number of piperidine rings is 1. The summed E-state index contributed by atoms with van der Waals surface area (Å²) in [6, 6.07) is 8.67. The Labute approximate surface area is 107 Å². The molecule has 0 radical (unpaired) electrons. The van der Waals surface area contributed by atoms with Crippen molar-refractivity contribution in [2.24, 2.45) is 0 Å². The second kappa shape index (κ2) is 3.58. The Morgan fingerprint density at radius 1 is 1.22 bits per heavy atom. The molecule has 1 amide bonds. The van der Waals surface area contributed by atoms with Crippen LogP contribution in [0.2, 0.25) is 0 Å². The standard InChI is InChI=1S/C15H18N2O/c18-14-15(11-5-1-2-6-12(11)16-14)8-10-17-9-4-3-7-13(15)17/h1-2,5-6,13H,3-4,7-10H2,(H,16,18)/t13?,15-/m0/s1. The average molecular weight is 242 g/mol. The summed E-state index contributed by atoms with van der Waals surface area (Å²) in [4.78, 5) is 15.1. The first-order valence-electron chi connectivity index (χ1n) is 6.97. The lowest BCUT2D eigenvalue weighted by atomic mass is 9.73. The van der Waals surface area contributed by atoms with E-state index in [-0.39, 0.29) is 11.3 Å². The lowest BCUT2D eigenvalue weighted by molar-refractivity contribution is -0.122. The molecular weight excluding hydrogens is 224 g/mol. The molecule has 18 heavy (non-hydrogen) atoms. The van der Waals surface area contributed by atoms with Crippen LogP contribution in [0.3, 0.4) is 0 Å². The van der Waals surface area contributed by atoms with Gasteiger partial charge in [-0.2, -0.15) is 0 Å². The Morgan fingerprint density at radius 3 is 3.06 bits per heavy atom. The smallest absolute Gasteiger partial charge is 0.236 e. The van der Waals surface area contributed by atoms with Crippen LogP contribution >= 0.6 is 0 Å². The van der Waals surface area contributed by atoms with E-state index in [1.165, 1.54) is 31.4 Å². The molecule has 4 rings (SSSR count). The molecule has 1 aromatic rings. The zero-order valence-electron chi connectivity index (χ0n) is 10.5. The molecule has 0 bridgehead atoms. The van der Waals surface area contributed by atoms with Crippen LogP contribution in [0.1, 0.15) is 31.2 Å². The number of nitrogens with one attached hydrogen (secondary N) is 1. The van der Waals surface area contributed by atoms with Crippen molar-refractivity contribution in [2.75, 3.05) is 18.4 Å². The molecule has 1 aromatic carbocycles. The summed E-state index contributed by atoms with van der Waals surface area (Å²) < 4.78 is 0. The van der Waals surface area contributed by atoms with Crippen molar-refractivity contribution in [1.82, 2.24) is 4.90 Å². The third kappa shape index (κ3) is 1.15. The third-order valence-corrected chi connectivity index (χ3v) is 5.04. The van der Waals surface area contributed by atoms with Gasteiger partial charge in [0.15, 0.2) is 0 Å². The van der Waals surface area contributed by atoms with E-state index in [4.69, 9.17) is 0 Å². The van der Waals surface area contributed by atoms with Gasteiger partial charge in [0.25, 0.3) is 0 Å². The first-order chi connectivity index (χ1) is 8.82. The zero-order chi connectivity index (χ0) is 12.2. The molecule has 1 unspecified atom stereocenters. The van der Waals surface area contributed by atoms with Gasteiger partial charge < -0.3 is 5.32 Å². The quantitative estimate of drug-likeness (QED) is 0.756. The van der Waals surface area contributed by atoms with E-state index >= 15 is 0 Å². The van der Waals surface area contributed by atoms with Gasteiger partial charge in [-0.25, -0.2) is 0 Å². The number of fused-ring (bicyclic) bond motifs is 4. The molecule has 3 nitrogen and oxygen atoms in total. The van der Waals surface area contributed by atoms with Gasteiger partial charge in [-0.1, -0.05) is 24.6 Å². The summed E-state index contributed by atoms with van der Waals surface area (Å²) in [6.45, 7) is 2.24. The van der Waals surface area contributed by atoms with Crippen LogP contribution in [0.4, 0.5) is 5.69 Å². The summed E-state index contributed by atoms with van der Waals surface area (Å²) in [6.07, 6.45) is 4.70. The molecule has 2 fully saturated rings. The first kappa shape index (κ1) is 10.6. The Kier molecular flexibility index (Phi) is 2.10. The van der Waals surface area contributed by atoms with E-state index in [0.717, 1.165) is 18.7 Å². The van der Waals surface area contributed by atoms with Crippen molar-refractivity contribution in [3.8, 4) is 0 Å². The van der Waals surface area contributed by atoms with E-state index in [9.17, 15) is 4.79 Å². The Hall–Kier alpha value is -1.35. The molecule has 3 aliphatic rings. The van der Waals surface area contributed by atoms with Crippen molar-refractivity contribution < 1.29 is 4.79 Å². The van der Waals surface area contributed by atoms with Crippen LogP contribution in [0.5, 0.6) is 0 Å². The van der Waals surface area contributed by atoms with E-state index in [1.807, 2.05) is 12.1 Å². The van der Waals surface area contributed by atoms with Crippen LogP contribution in [-0.4, -0.2) is 29.9 Å². The SMILES string of the molecule is O=C1Nc2ccccc2[C@]12CCN1CCCCC12. The first-order valence-corrected chi connectivity index (χ1v) is 6.97. The maximum absolute atomic E-state index is 12.6. The number of amides is 1. The molecule has 94 valence electrons. The van der Waals surface area contributed by atoms with Gasteiger partial charge in [0.1, 0.15) is 0 Å². The largest absolute Gasteiger partial charge is 0.325 e. The number of anilines is 1. The number of benzene rings is 1. The minimum atomic E-state index is -0.253. The Bertz CT molecular complexity index is 513. The highest BCUT2D eigenvalue weighted by atomic mass is 16.2. The summed E-state index contributed by atoms with van der Waals surface area (Å²) >= 11 is 0. The van der Waals surface area contributed by atoms with Gasteiger partial charge >= 0.3 is 0 Å². The second-order valence-electron chi connectivity index (χ2n) is 5.77. The van der Waals surface area contributed by atoms with E-state index in [0.29, 0.717) is 6.04 Å².